The molecule has 0 unspecified atom stereocenters. The van der Waals surface area contributed by atoms with E-state index >= 15 is 0 Å². The quantitative estimate of drug-likeness (QED) is 0.746. The average molecular weight is 298 g/mol. The van der Waals surface area contributed by atoms with E-state index in [4.69, 9.17) is 5.11 Å². The Labute approximate surface area is 120 Å². The normalized spacial score (nSPS) is 11.5. The van der Waals surface area contributed by atoms with Crippen LogP contribution in [0.2, 0.25) is 0 Å². The summed E-state index contributed by atoms with van der Waals surface area (Å²) >= 11 is 0. The van der Waals surface area contributed by atoms with Gasteiger partial charge in [-0.15, -0.1) is 0 Å². The van der Waals surface area contributed by atoms with E-state index < -0.39 is 15.8 Å². The average Bonchev–Trinajstić information content (AvgIpc) is 2.37. The first-order chi connectivity index (χ1) is 9.38. The Kier molecular flexibility index (Phi) is 6.20. The maximum absolute atomic E-state index is 12.2. The molecule has 112 valence electrons. The van der Waals surface area contributed by atoms with Crippen LogP contribution in [0, 0.1) is 6.92 Å². The van der Waals surface area contributed by atoms with Crippen LogP contribution in [-0.4, -0.2) is 25.2 Å². The summed E-state index contributed by atoms with van der Waals surface area (Å²) in [6, 6.07) is 4.20. The number of aromatic carboxylic acids is 1. The second-order valence-corrected chi connectivity index (χ2v) is 7.12. The molecule has 1 aromatic rings. The molecule has 1 aromatic carbocycles. The number of carboxylic acid groups (broad SMARTS) is 1. The fourth-order valence-corrected chi connectivity index (χ4v) is 3.53. The van der Waals surface area contributed by atoms with Crippen molar-refractivity contribution in [1.29, 1.82) is 0 Å². The molecule has 0 aliphatic heterocycles. The summed E-state index contributed by atoms with van der Waals surface area (Å²) in [5.74, 6) is -0.909. The Morgan fingerprint density at radius 3 is 2.35 bits per heavy atom. The van der Waals surface area contributed by atoms with Crippen molar-refractivity contribution in [3.63, 3.8) is 0 Å². The van der Waals surface area contributed by atoms with Crippen molar-refractivity contribution in [1.82, 2.24) is 0 Å². The lowest BCUT2D eigenvalue weighted by atomic mass is 10.1. The highest BCUT2D eigenvalue weighted by atomic mass is 32.2. The first kappa shape index (κ1) is 16.7. The van der Waals surface area contributed by atoms with E-state index in [0.717, 1.165) is 25.7 Å². The SMILES string of the molecule is CCCCCCCS(=O)(=O)c1ccc(C(=O)O)c(C)c1. The molecule has 0 aromatic heterocycles. The molecule has 1 N–H and O–H groups in total. The van der Waals surface area contributed by atoms with E-state index in [1.54, 1.807) is 6.92 Å². The highest BCUT2D eigenvalue weighted by Gasteiger charge is 2.16. The number of unbranched alkanes of at least 4 members (excludes halogenated alkanes) is 4. The Balaban J connectivity index is 2.73. The number of rotatable bonds is 8. The standard InChI is InChI=1S/C15H22O4S/c1-3-4-5-6-7-10-20(18,19)13-8-9-14(15(16)17)12(2)11-13/h8-9,11H,3-7,10H2,1-2H3,(H,16,17). The molecule has 0 radical (unpaired) electrons. The molecule has 0 aliphatic carbocycles. The number of hydrogen-bond donors (Lipinski definition) is 1. The lowest BCUT2D eigenvalue weighted by Crippen LogP contribution is -2.08. The van der Waals surface area contributed by atoms with Crippen molar-refractivity contribution >= 4 is 15.8 Å². The summed E-state index contributed by atoms with van der Waals surface area (Å²) < 4.78 is 24.3. The van der Waals surface area contributed by atoms with Crippen molar-refractivity contribution in [2.45, 2.75) is 50.8 Å². The minimum atomic E-state index is -3.31. The summed E-state index contributed by atoms with van der Waals surface area (Å²) in [5, 5.41) is 8.93. The van der Waals surface area contributed by atoms with Gasteiger partial charge >= 0.3 is 5.97 Å². The lowest BCUT2D eigenvalue weighted by molar-refractivity contribution is 0.0696. The third-order valence-corrected chi connectivity index (χ3v) is 5.10. The number of hydrogen-bond acceptors (Lipinski definition) is 3. The molecule has 0 saturated heterocycles. The van der Waals surface area contributed by atoms with Gasteiger partial charge in [-0.2, -0.15) is 0 Å². The summed E-state index contributed by atoms with van der Waals surface area (Å²) in [7, 11) is -3.31. The van der Waals surface area contributed by atoms with Gasteiger partial charge < -0.3 is 5.11 Å². The zero-order chi connectivity index (χ0) is 15.2. The molecule has 5 heteroatoms. The van der Waals surface area contributed by atoms with E-state index in [9.17, 15) is 13.2 Å². The first-order valence-electron chi connectivity index (χ1n) is 6.95. The van der Waals surface area contributed by atoms with Gasteiger partial charge in [0.1, 0.15) is 0 Å². The van der Waals surface area contributed by atoms with Crippen molar-refractivity contribution in [3.8, 4) is 0 Å². The summed E-state index contributed by atoms with van der Waals surface area (Å²) in [6.07, 6.45) is 4.89. The Bertz CT molecular complexity index is 561. The van der Waals surface area contributed by atoms with Crippen LogP contribution in [0.3, 0.4) is 0 Å². The van der Waals surface area contributed by atoms with Crippen molar-refractivity contribution in [3.05, 3.63) is 29.3 Å². The molecule has 20 heavy (non-hydrogen) atoms. The largest absolute Gasteiger partial charge is 0.478 e. The molecule has 0 bridgehead atoms. The maximum atomic E-state index is 12.2. The van der Waals surface area contributed by atoms with E-state index in [2.05, 4.69) is 6.92 Å². The molecule has 1 rings (SSSR count). The predicted molar refractivity (Wildman–Crippen MR) is 79.0 cm³/mol. The molecule has 4 nitrogen and oxygen atoms in total. The molecule has 0 fully saturated rings. The second-order valence-electron chi connectivity index (χ2n) is 5.01. The number of carboxylic acids is 1. The zero-order valence-electron chi connectivity index (χ0n) is 12.1. The van der Waals surface area contributed by atoms with Gasteiger partial charge in [-0.3, -0.25) is 0 Å². The van der Waals surface area contributed by atoms with Gasteiger partial charge in [-0.1, -0.05) is 32.6 Å². The van der Waals surface area contributed by atoms with Crippen molar-refractivity contribution in [2.75, 3.05) is 5.75 Å². The van der Waals surface area contributed by atoms with Gasteiger partial charge in [-0.25, -0.2) is 13.2 Å². The third-order valence-electron chi connectivity index (χ3n) is 3.30. The number of benzene rings is 1. The van der Waals surface area contributed by atoms with Crippen LogP contribution in [-0.2, 0) is 9.84 Å². The van der Waals surface area contributed by atoms with Gasteiger partial charge in [-0.05, 0) is 37.1 Å². The van der Waals surface area contributed by atoms with Gasteiger partial charge in [0.15, 0.2) is 9.84 Å². The van der Waals surface area contributed by atoms with Crippen molar-refractivity contribution < 1.29 is 18.3 Å². The van der Waals surface area contributed by atoms with E-state index in [0.29, 0.717) is 12.0 Å². The van der Waals surface area contributed by atoms with Gasteiger partial charge in [0.2, 0.25) is 0 Å². The van der Waals surface area contributed by atoms with Crippen molar-refractivity contribution in [2.24, 2.45) is 0 Å². The second kappa shape index (κ2) is 7.43. The van der Waals surface area contributed by atoms with Crippen LogP contribution >= 0.6 is 0 Å². The fourth-order valence-electron chi connectivity index (χ4n) is 2.08. The van der Waals surface area contributed by atoms with E-state index in [1.807, 2.05) is 0 Å². The van der Waals surface area contributed by atoms with Crippen LogP contribution in [0.5, 0.6) is 0 Å². The maximum Gasteiger partial charge on any atom is 0.335 e. The minimum absolute atomic E-state index is 0.128. The van der Waals surface area contributed by atoms with Crippen LogP contribution in [0.15, 0.2) is 23.1 Å². The molecular formula is C15H22O4S. The Hall–Kier alpha value is -1.36. The van der Waals surface area contributed by atoms with Gasteiger partial charge in [0, 0.05) is 0 Å². The summed E-state index contributed by atoms with van der Waals surface area (Å²) in [5.41, 5.74) is 0.622. The Morgan fingerprint density at radius 1 is 1.15 bits per heavy atom. The molecule has 0 amide bonds. The number of carbonyl (C=O) groups is 1. The minimum Gasteiger partial charge on any atom is -0.478 e. The highest BCUT2D eigenvalue weighted by molar-refractivity contribution is 7.91. The Morgan fingerprint density at radius 2 is 1.80 bits per heavy atom. The number of aryl methyl sites for hydroxylation is 1. The number of sulfone groups is 1. The highest BCUT2D eigenvalue weighted by Crippen LogP contribution is 2.18. The van der Waals surface area contributed by atoms with Crippen LogP contribution in [0.4, 0.5) is 0 Å². The molecule has 0 atom stereocenters. The lowest BCUT2D eigenvalue weighted by Gasteiger charge is -2.07. The van der Waals surface area contributed by atoms with Gasteiger partial charge in [0.05, 0.1) is 16.2 Å². The monoisotopic (exact) mass is 298 g/mol. The molecule has 0 spiro atoms. The van der Waals surface area contributed by atoms with Crippen LogP contribution < -0.4 is 0 Å². The van der Waals surface area contributed by atoms with Crippen LogP contribution in [0.25, 0.3) is 0 Å². The smallest absolute Gasteiger partial charge is 0.335 e. The predicted octanol–water partition coefficient (Wildman–Crippen LogP) is 3.44. The summed E-state index contributed by atoms with van der Waals surface area (Å²) in [4.78, 5) is 11.1. The molecule has 0 aliphatic rings. The summed E-state index contributed by atoms with van der Waals surface area (Å²) in [6.45, 7) is 3.73. The fraction of sp³-hybridized carbons (Fsp3) is 0.533. The molecule has 0 heterocycles. The zero-order valence-corrected chi connectivity index (χ0v) is 12.9. The first-order valence-corrected chi connectivity index (χ1v) is 8.60. The van der Waals surface area contributed by atoms with Gasteiger partial charge in [0.25, 0.3) is 0 Å². The van der Waals surface area contributed by atoms with E-state index in [1.165, 1.54) is 18.2 Å². The van der Waals surface area contributed by atoms with E-state index in [-0.39, 0.29) is 16.2 Å². The third kappa shape index (κ3) is 4.63. The molecule has 0 saturated carbocycles. The topological polar surface area (TPSA) is 71.4 Å². The molecular weight excluding hydrogens is 276 g/mol. The van der Waals surface area contributed by atoms with Crippen LogP contribution in [0.1, 0.15) is 54.9 Å².